The van der Waals surface area contributed by atoms with Gasteiger partial charge in [0.2, 0.25) is 11.8 Å². The fourth-order valence-corrected chi connectivity index (χ4v) is 4.07. The number of amides is 2. The number of piperidine rings is 2. The molecule has 148 valence electrons. The summed E-state index contributed by atoms with van der Waals surface area (Å²) in [5, 5.41) is 10.9. The Hall–Kier alpha value is -2.91. The van der Waals surface area contributed by atoms with Gasteiger partial charge in [-0.05, 0) is 42.0 Å². The second-order valence-electron chi connectivity index (χ2n) is 7.79. The predicted molar refractivity (Wildman–Crippen MR) is 97.5 cm³/mol. The molecular formula is C18H24N8O2. The zero-order valence-corrected chi connectivity index (χ0v) is 16.0. The van der Waals surface area contributed by atoms with Crippen molar-refractivity contribution in [3.05, 3.63) is 30.1 Å². The molecule has 10 nitrogen and oxygen atoms in total. The molecule has 2 amide bonds. The lowest BCUT2D eigenvalue weighted by Crippen LogP contribution is -2.52. The molecule has 0 aromatic carbocycles. The molecule has 28 heavy (non-hydrogen) atoms. The summed E-state index contributed by atoms with van der Waals surface area (Å²) in [4.78, 5) is 37.3. The number of aryl methyl sites for hydroxylation is 1. The van der Waals surface area contributed by atoms with Crippen LogP contribution in [0.5, 0.6) is 0 Å². The van der Waals surface area contributed by atoms with Gasteiger partial charge < -0.3 is 9.80 Å². The van der Waals surface area contributed by atoms with Crippen molar-refractivity contribution in [1.82, 2.24) is 40.0 Å². The van der Waals surface area contributed by atoms with Crippen LogP contribution in [0.1, 0.15) is 37.1 Å². The minimum absolute atomic E-state index is 0.0285. The number of aromatic nitrogens is 6. The maximum absolute atomic E-state index is 12.5. The van der Waals surface area contributed by atoms with E-state index in [9.17, 15) is 9.59 Å². The normalized spacial score (nSPS) is 19.2. The topological polar surface area (TPSA) is 110 Å². The van der Waals surface area contributed by atoms with Gasteiger partial charge in [0.05, 0.1) is 24.1 Å². The van der Waals surface area contributed by atoms with E-state index in [0.717, 1.165) is 37.2 Å². The fraction of sp³-hybridized carbons (Fsp3) is 0.611. The van der Waals surface area contributed by atoms with E-state index in [0.29, 0.717) is 26.1 Å². The highest BCUT2D eigenvalue weighted by Gasteiger charge is 2.41. The fourth-order valence-electron chi connectivity index (χ4n) is 4.07. The van der Waals surface area contributed by atoms with Crippen LogP contribution in [0.3, 0.4) is 0 Å². The number of carbonyl (C=O) groups excluding carboxylic acids is 2. The van der Waals surface area contributed by atoms with Gasteiger partial charge in [-0.3, -0.25) is 19.6 Å². The van der Waals surface area contributed by atoms with Gasteiger partial charge in [0.25, 0.3) is 0 Å². The van der Waals surface area contributed by atoms with E-state index in [2.05, 4.69) is 25.5 Å². The molecule has 2 aromatic heterocycles. The Labute approximate surface area is 162 Å². The van der Waals surface area contributed by atoms with Crippen molar-refractivity contribution in [3.63, 3.8) is 0 Å². The summed E-state index contributed by atoms with van der Waals surface area (Å²) in [6.45, 7) is 4.68. The number of hydrogen-bond acceptors (Lipinski definition) is 7. The van der Waals surface area contributed by atoms with Crippen molar-refractivity contribution in [2.24, 2.45) is 5.41 Å². The number of tetrazole rings is 1. The molecule has 2 fully saturated rings. The molecule has 4 rings (SSSR count). The number of likely N-dealkylation sites (tertiary alicyclic amines) is 2. The smallest absolute Gasteiger partial charge is 0.244 e. The van der Waals surface area contributed by atoms with Crippen LogP contribution in [0.25, 0.3) is 0 Å². The van der Waals surface area contributed by atoms with E-state index in [1.807, 2.05) is 16.7 Å². The molecule has 10 heteroatoms. The minimum Gasteiger partial charge on any atom is -0.341 e. The Morgan fingerprint density at radius 2 is 2.00 bits per heavy atom. The quantitative estimate of drug-likeness (QED) is 0.741. The molecule has 2 aromatic rings. The summed E-state index contributed by atoms with van der Waals surface area (Å²) < 4.78 is 1.44. The maximum atomic E-state index is 12.5. The average Bonchev–Trinajstić information content (AvgIpc) is 3.20. The van der Waals surface area contributed by atoms with Gasteiger partial charge in [-0.25, -0.2) is 4.68 Å². The van der Waals surface area contributed by atoms with E-state index in [1.165, 1.54) is 11.0 Å². The van der Waals surface area contributed by atoms with Crippen LogP contribution in [0.4, 0.5) is 0 Å². The summed E-state index contributed by atoms with van der Waals surface area (Å²) in [7, 11) is 0. The van der Waals surface area contributed by atoms with Crippen molar-refractivity contribution >= 4 is 11.8 Å². The van der Waals surface area contributed by atoms with Gasteiger partial charge in [0.1, 0.15) is 12.9 Å². The Morgan fingerprint density at radius 3 is 2.68 bits per heavy atom. The monoisotopic (exact) mass is 384 g/mol. The SMILES string of the molecule is Cc1cnc(CN2CC3(CCC2=O)CCN(C(=O)Cn2cnnn2)CC3)cn1. The first-order chi connectivity index (χ1) is 13.5. The van der Waals surface area contributed by atoms with Crippen molar-refractivity contribution in [2.45, 2.75) is 45.7 Å². The zero-order valence-electron chi connectivity index (χ0n) is 16.0. The third-order valence-electron chi connectivity index (χ3n) is 5.80. The molecule has 0 radical (unpaired) electrons. The van der Waals surface area contributed by atoms with E-state index in [1.54, 1.807) is 12.4 Å². The molecule has 4 heterocycles. The lowest BCUT2D eigenvalue weighted by molar-refractivity contribution is -0.143. The standard InChI is InChI=1S/C18H24N8O2/c1-14-8-20-15(9-19-14)10-25-12-18(3-2-16(25)27)4-6-24(7-5-18)17(28)11-26-13-21-22-23-26/h8-9,13H,2-7,10-12H2,1H3. The first-order valence-corrected chi connectivity index (χ1v) is 9.57. The van der Waals surface area contributed by atoms with Crippen LogP contribution in [0.2, 0.25) is 0 Å². The average molecular weight is 384 g/mol. The van der Waals surface area contributed by atoms with Crippen molar-refractivity contribution in [3.8, 4) is 0 Å². The van der Waals surface area contributed by atoms with Crippen molar-refractivity contribution in [2.75, 3.05) is 19.6 Å². The van der Waals surface area contributed by atoms with Crippen LogP contribution in [0, 0.1) is 12.3 Å². The summed E-state index contributed by atoms with van der Waals surface area (Å²) in [6, 6.07) is 0. The maximum Gasteiger partial charge on any atom is 0.244 e. The van der Waals surface area contributed by atoms with Gasteiger partial charge in [-0.15, -0.1) is 5.10 Å². The molecule has 0 saturated carbocycles. The molecule has 0 bridgehead atoms. The second-order valence-corrected chi connectivity index (χ2v) is 7.79. The number of carbonyl (C=O) groups is 2. The number of nitrogens with zero attached hydrogens (tertiary/aromatic N) is 8. The molecular weight excluding hydrogens is 360 g/mol. The Kier molecular flexibility index (Phi) is 5.01. The highest BCUT2D eigenvalue weighted by molar-refractivity contribution is 5.77. The summed E-state index contributed by atoms with van der Waals surface area (Å²) in [5.74, 6) is 0.200. The molecule has 1 spiro atoms. The van der Waals surface area contributed by atoms with Gasteiger partial charge >= 0.3 is 0 Å². The Balaban J connectivity index is 1.35. The van der Waals surface area contributed by atoms with Gasteiger partial charge in [-0.1, -0.05) is 0 Å². The van der Waals surface area contributed by atoms with Crippen LogP contribution < -0.4 is 0 Å². The molecule has 0 atom stereocenters. The van der Waals surface area contributed by atoms with Gasteiger partial charge in [0.15, 0.2) is 0 Å². The predicted octanol–water partition coefficient (Wildman–Crippen LogP) is 0.203. The molecule has 0 unspecified atom stereocenters. The van der Waals surface area contributed by atoms with E-state index < -0.39 is 0 Å². The Bertz CT molecular complexity index is 828. The minimum atomic E-state index is 0.0285. The first kappa shape index (κ1) is 18.5. The largest absolute Gasteiger partial charge is 0.341 e. The van der Waals surface area contributed by atoms with Crippen molar-refractivity contribution in [1.29, 1.82) is 0 Å². The van der Waals surface area contributed by atoms with E-state index in [-0.39, 0.29) is 23.8 Å². The highest BCUT2D eigenvalue weighted by Crippen LogP contribution is 2.40. The summed E-state index contributed by atoms with van der Waals surface area (Å²) in [6.07, 6.45) is 8.16. The lowest BCUT2D eigenvalue weighted by Gasteiger charge is -2.47. The van der Waals surface area contributed by atoms with Crippen LogP contribution in [0.15, 0.2) is 18.7 Å². The molecule has 0 N–H and O–H groups in total. The third-order valence-corrected chi connectivity index (χ3v) is 5.80. The van der Waals surface area contributed by atoms with Crippen LogP contribution in [-0.2, 0) is 22.7 Å². The van der Waals surface area contributed by atoms with Crippen LogP contribution in [-0.4, -0.2) is 71.4 Å². The number of rotatable bonds is 4. The van der Waals surface area contributed by atoms with Gasteiger partial charge in [0, 0.05) is 32.3 Å². The summed E-state index contributed by atoms with van der Waals surface area (Å²) >= 11 is 0. The lowest BCUT2D eigenvalue weighted by atomic mass is 9.72. The van der Waals surface area contributed by atoms with Crippen LogP contribution >= 0.6 is 0 Å². The first-order valence-electron chi connectivity index (χ1n) is 9.57. The third kappa shape index (κ3) is 4.00. The molecule has 2 aliphatic heterocycles. The second kappa shape index (κ2) is 7.61. The highest BCUT2D eigenvalue weighted by atomic mass is 16.2. The van der Waals surface area contributed by atoms with Crippen molar-refractivity contribution < 1.29 is 9.59 Å². The number of hydrogen-bond donors (Lipinski definition) is 0. The molecule has 2 aliphatic rings. The molecule has 0 aliphatic carbocycles. The summed E-state index contributed by atoms with van der Waals surface area (Å²) in [5.41, 5.74) is 1.76. The molecule has 2 saturated heterocycles. The van der Waals surface area contributed by atoms with Gasteiger partial charge in [-0.2, -0.15) is 0 Å². The Morgan fingerprint density at radius 1 is 1.18 bits per heavy atom. The zero-order chi connectivity index (χ0) is 19.6. The van der Waals surface area contributed by atoms with E-state index >= 15 is 0 Å². The van der Waals surface area contributed by atoms with E-state index in [4.69, 9.17) is 0 Å².